The standard InChI is InChI=1S/C26H31F2N5/c1-2-33(18-21-6-9-29-16-21)17-20-4-3-5-22(12-20)25-8-11-31-26(32-25)30-10-7-19-13-23(27)15-24(28)14-19/h3-5,8,11-15,21,29H,2,6-7,9-10,16-18H2,1H3,(H,30,31,32)/t21-/m0/s1. The highest BCUT2D eigenvalue weighted by Gasteiger charge is 2.17. The van der Waals surface area contributed by atoms with Gasteiger partial charge in [0.05, 0.1) is 5.69 Å². The smallest absolute Gasteiger partial charge is 0.223 e. The predicted octanol–water partition coefficient (Wildman–Crippen LogP) is 4.51. The van der Waals surface area contributed by atoms with Crippen LogP contribution in [0.5, 0.6) is 0 Å². The summed E-state index contributed by atoms with van der Waals surface area (Å²) in [5.74, 6) is 0.0977. The van der Waals surface area contributed by atoms with Crippen LogP contribution in [-0.4, -0.2) is 47.6 Å². The number of benzene rings is 2. The van der Waals surface area contributed by atoms with Crippen LogP contribution < -0.4 is 10.6 Å². The van der Waals surface area contributed by atoms with Gasteiger partial charge in [0.25, 0.3) is 0 Å². The molecular weight excluding hydrogens is 420 g/mol. The Morgan fingerprint density at radius 1 is 1.09 bits per heavy atom. The first kappa shape index (κ1) is 23.3. The van der Waals surface area contributed by atoms with Crippen molar-refractivity contribution in [3.8, 4) is 11.3 Å². The Balaban J connectivity index is 1.38. The number of hydrogen-bond acceptors (Lipinski definition) is 5. The van der Waals surface area contributed by atoms with Gasteiger partial charge in [-0.3, -0.25) is 4.90 Å². The van der Waals surface area contributed by atoms with Crippen LogP contribution in [-0.2, 0) is 13.0 Å². The van der Waals surface area contributed by atoms with Gasteiger partial charge in [-0.25, -0.2) is 18.7 Å². The SMILES string of the molecule is CCN(Cc1cccc(-c2ccnc(NCCc3cc(F)cc(F)c3)n2)c1)C[C@H]1CCNC1. The lowest BCUT2D eigenvalue weighted by Gasteiger charge is -2.24. The second kappa shape index (κ2) is 11.3. The Hall–Kier alpha value is -2.90. The molecule has 33 heavy (non-hydrogen) atoms. The number of rotatable bonds is 10. The molecule has 0 radical (unpaired) electrons. The molecule has 2 heterocycles. The zero-order chi connectivity index (χ0) is 23.0. The van der Waals surface area contributed by atoms with Crippen LogP contribution in [0, 0.1) is 17.6 Å². The number of hydrogen-bond donors (Lipinski definition) is 2. The average molecular weight is 452 g/mol. The predicted molar refractivity (Wildman–Crippen MR) is 128 cm³/mol. The molecule has 0 bridgehead atoms. The third-order valence-corrected chi connectivity index (χ3v) is 6.03. The Kier molecular flexibility index (Phi) is 7.96. The quantitative estimate of drug-likeness (QED) is 0.475. The van der Waals surface area contributed by atoms with E-state index in [2.05, 4.69) is 56.7 Å². The van der Waals surface area contributed by atoms with Crippen molar-refractivity contribution in [3.05, 3.63) is 77.5 Å². The molecule has 5 nitrogen and oxygen atoms in total. The minimum atomic E-state index is -0.565. The normalized spacial score (nSPS) is 15.8. The molecule has 3 aromatic rings. The van der Waals surface area contributed by atoms with Crippen LogP contribution in [0.2, 0.25) is 0 Å². The van der Waals surface area contributed by atoms with Crippen LogP contribution >= 0.6 is 0 Å². The summed E-state index contributed by atoms with van der Waals surface area (Å²) in [6, 6.07) is 13.9. The van der Waals surface area contributed by atoms with Crippen LogP contribution in [0.3, 0.4) is 0 Å². The molecule has 2 aromatic carbocycles. The largest absolute Gasteiger partial charge is 0.354 e. The Morgan fingerprint density at radius 3 is 2.70 bits per heavy atom. The summed E-state index contributed by atoms with van der Waals surface area (Å²) in [5.41, 5.74) is 3.75. The summed E-state index contributed by atoms with van der Waals surface area (Å²) in [6.07, 6.45) is 3.45. The highest BCUT2D eigenvalue weighted by molar-refractivity contribution is 5.60. The van der Waals surface area contributed by atoms with Gasteiger partial charge in [0.2, 0.25) is 5.95 Å². The zero-order valence-corrected chi connectivity index (χ0v) is 19.0. The fourth-order valence-electron chi connectivity index (χ4n) is 4.31. The summed E-state index contributed by atoms with van der Waals surface area (Å²) >= 11 is 0. The maximum atomic E-state index is 13.4. The van der Waals surface area contributed by atoms with Gasteiger partial charge >= 0.3 is 0 Å². The van der Waals surface area contributed by atoms with Gasteiger partial charge in [0.15, 0.2) is 0 Å². The monoisotopic (exact) mass is 451 g/mol. The molecule has 1 saturated heterocycles. The molecule has 1 fully saturated rings. The van der Waals surface area contributed by atoms with Crippen molar-refractivity contribution in [2.24, 2.45) is 5.92 Å². The summed E-state index contributed by atoms with van der Waals surface area (Å²) in [6.45, 7) is 7.99. The van der Waals surface area contributed by atoms with E-state index in [4.69, 9.17) is 0 Å². The highest BCUT2D eigenvalue weighted by atomic mass is 19.1. The third-order valence-electron chi connectivity index (χ3n) is 6.03. The van der Waals surface area contributed by atoms with Gasteiger partial charge in [0.1, 0.15) is 11.6 Å². The molecular formula is C26H31F2N5. The lowest BCUT2D eigenvalue weighted by molar-refractivity contribution is 0.240. The molecule has 0 unspecified atom stereocenters. The summed E-state index contributed by atoms with van der Waals surface area (Å²) < 4.78 is 26.7. The average Bonchev–Trinajstić information content (AvgIpc) is 3.31. The molecule has 1 aliphatic rings. The van der Waals surface area contributed by atoms with E-state index in [1.54, 1.807) is 6.20 Å². The maximum Gasteiger partial charge on any atom is 0.223 e. The molecule has 2 N–H and O–H groups in total. The third kappa shape index (κ3) is 6.79. The van der Waals surface area contributed by atoms with Crippen molar-refractivity contribution in [2.75, 3.05) is 38.0 Å². The molecule has 4 rings (SSSR count). The van der Waals surface area contributed by atoms with E-state index in [1.807, 2.05) is 6.07 Å². The number of halogens is 2. The number of anilines is 1. The second-order valence-corrected chi connectivity index (χ2v) is 8.61. The Morgan fingerprint density at radius 2 is 1.94 bits per heavy atom. The maximum absolute atomic E-state index is 13.4. The first-order chi connectivity index (χ1) is 16.1. The lowest BCUT2D eigenvalue weighted by Crippen LogP contribution is -2.30. The number of nitrogens with zero attached hydrogens (tertiary/aromatic N) is 3. The second-order valence-electron chi connectivity index (χ2n) is 8.61. The van der Waals surface area contributed by atoms with Crippen molar-refractivity contribution in [3.63, 3.8) is 0 Å². The van der Waals surface area contributed by atoms with E-state index >= 15 is 0 Å². The first-order valence-electron chi connectivity index (χ1n) is 11.6. The van der Waals surface area contributed by atoms with Crippen molar-refractivity contribution in [1.29, 1.82) is 0 Å². The van der Waals surface area contributed by atoms with E-state index in [0.29, 0.717) is 24.5 Å². The van der Waals surface area contributed by atoms with E-state index < -0.39 is 11.6 Å². The molecule has 174 valence electrons. The molecule has 1 aliphatic heterocycles. The minimum Gasteiger partial charge on any atom is -0.354 e. The van der Waals surface area contributed by atoms with Gasteiger partial charge in [-0.1, -0.05) is 25.1 Å². The van der Waals surface area contributed by atoms with Gasteiger partial charge in [-0.15, -0.1) is 0 Å². The van der Waals surface area contributed by atoms with Crippen LogP contribution in [0.1, 0.15) is 24.5 Å². The molecule has 0 spiro atoms. The topological polar surface area (TPSA) is 53.1 Å². The van der Waals surface area contributed by atoms with Gasteiger partial charge < -0.3 is 10.6 Å². The number of nitrogens with one attached hydrogen (secondary N) is 2. The summed E-state index contributed by atoms with van der Waals surface area (Å²) in [5, 5.41) is 6.61. The van der Waals surface area contributed by atoms with Crippen molar-refractivity contribution in [2.45, 2.75) is 26.3 Å². The van der Waals surface area contributed by atoms with Gasteiger partial charge in [0, 0.05) is 37.5 Å². The molecule has 0 aliphatic carbocycles. The highest BCUT2D eigenvalue weighted by Crippen LogP contribution is 2.21. The van der Waals surface area contributed by atoms with E-state index in [1.165, 1.54) is 24.1 Å². The molecule has 0 saturated carbocycles. The summed E-state index contributed by atoms with van der Waals surface area (Å²) in [7, 11) is 0. The molecule has 1 atom stereocenters. The van der Waals surface area contributed by atoms with Crippen molar-refractivity contribution >= 4 is 5.95 Å². The molecule has 0 amide bonds. The van der Waals surface area contributed by atoms with E-state index in [-0.39, 0.29) is 0 Å². The van der Waals surface area contributed by atoms with Crippen LogP contribution in [0.25, 0.3) is 11.3 Å². The summed E-state index contributed by atoms with van der Waals surface area (Å²) in [4.78, 5) is 11.4. The zero-order valence-electron chi connectivity index (χ0n) is 19.0. The number of aromatic nitrogens is 2. The minimum absolute atomic E-state index is 0.473. The fourth-order valence-corrected chi connectivity index (χ4v) is 4.31. The Labute approximate surface area is 194 Å². The van der Waals surface area contributed by atoms with Crippen molar-refractivity contribution < 1.29 is 8.78 Å². The van der Waals surface area contributed by atoms with Gasteiger partial charge in [-0.2, -0.15) is 0 Å². The Bertz CT molecular complexity index is 1030. The van der Waals surface area contributed by atoms with Crippen LogP contribution in [0.15, 0.2) is 54.7 Å². The van der Waals surface area contributed by atoms with Gasteiger partial charge in [-0.05, 0) is 73.8 Å². The van der Waals surface area contributed by atoms with E-state index in [9.17, 15) is 8.78 Å². The first-order valence-corrected chi connectivity index (χ1v) is 11.6. The molecule has 1 aromatic heterocycles. The van der Waals surface area contributed by atoms with Crippen molar-refractivity contribution in [1.82, 2.24) is 20.2 Å². The molecule has 7 heteroatoms. The lowest BCUT2D eigenvalue weighted by atomic mass is 10.1. The van der Waals surface area contributed by atoms with E-state index in [0.717, 1.165) is 56.0 Å². The fraction of sp³-hybridized carbons (Fsp3) is 0.385. The van der Waals surface area contributed by atoms with Crippen LogP contribution in [0.4, 0.5) is 14.7 Å².